The first-order valence-corrected chi connectivity index (χ1v) is 6.90. The van der Waals surface area contributed by atoms with Gasteiger partial charge in [0.1, 0.15) is 5.82 Å². The molecule has 0 fully saturated rings. The molecule has 0 aliphatic carbocycles. The van der Waals surface area contributed by atoms with Gasteiger partial charge in [-0.2, -0.15) is 0 Å². The number of cyclic esters (lactones) is 1. The molecular formula is C17H14FNO3. The number of rotatable bonds is 2. The van der Waals surface area contributed by atoms with E-state index in [-0.39, 0.29) is 12.1 Å². The number of carbonyl (C=O) groups is 2. The molecule has 2 aromatic rings. The number of nitrogens with one attached hydrogen (secondary N) is 1. The smallest absolute Gasteiger partial charge is 0.339 e. The molecule has 22 heavy (non-hydrogen) atoms. The van der Waals surface area contributed by atoms with Crippen LogP contribution in [-0.2, 0) is 16.0 Å². The van der Waals surface area contributed by atoms with Gasteiger partial charge in [-0.3, -0.25) is 4.79 Å². The van der Waals surface area contributed by atoms with Crippen LogP contribution in [0.25, 0.3) is 0 Å². The van der Waals surface area contributed by atoms with Crippen molar-refractivity contribution in [1.29, 1.82) is 0 Å². The molecule has 1 amide bonds. The van der Waals surface area contributed by atoms with Gasteiger partial charge in [-0.25, -0.2) is 9.18 Å². The first-order chi connectivity index (χ1) is 10.5. The lowest BCUT2D eigenvalue weighted by molar-refractivity contribution is -0.125. The average molecular weight is 299 g/mol. The molecule has 1 unspecified atom stereocenters. The van der Waals surface area contributed by atoms with Gasteiger partial charge in [-0.05, 0) is 30.7 Å². The number of carbonyl (C=O) groups excluding carboxylic acids is 2. The van der Waals surface area contributed by atoms with Crippen LogP contribution in [0.5, 0.6) is 0 Å². The van der Waals surface area contributed by atoms with Crippen molar-refractivity contribution in [3.8, 4) is 0 Å². The van der Waals surface area contributed by atoms with E-state index < -0.39 is 23.8 Å². The Kier molecular flexibility index (Phi) is 3.63. The minimum atomic E-state index is -0.957. The van der Waals surface area contributed by atoms with Crippen LogP contribution < -0.4 is 5.32 Å². The topological polar surface area (TPSA) is 55.4 Å². The summed E-state index contributed by atoms with van der Waals surface area (Å²) in [6.45, 7) is 1.91. The third-order valence-corrected chi connectivity index (χ3v) is 3.56. The highest BCUT2D eigenvalue weighted by Crippen LogP contribution is 2.23. The maximum atomic E-state index is 13.6. The number of anilines is 1. The van der Waals surface area contributed by atoms with Gasteiger partial charge in [-0.1, -0.05) is 29.8 Å². The molecule has 2 aromatic carbocycles. The third-order valence-electron chi connectivity index (χ3n) is 3.56. The van der Waals surface area contributed by atoms with Gasteiger partial charge in [0, 0.05) is 6.42 Å². The molecule has 1 atom stereocenters. The van der Waals surface area contributed by atoms with Crippen LogP contribution in [0.2, 0.25) is 0 Å². The Labute approximate surface area is 126 Å². The molecule has 1 aliphatic rings. The normalized spacial score (nSPS) is 16.6. The van der Waals surface area contributed by atoms with Gasteiger partial charge in [0.2, 0.25) is 0 Å². The fraction of sp³-hybridized carbons (Fsp3) is 0.176. The molecular weight excluding hydrogens is 285 g/mol. The minimum absolute atomic E-state index is 0.0681. The molecule has 0 bridgehead atoms. The third kappa shape index (κ3) is 2.70. The molecule has 1 heterocycles. The van der Waals surface area contributed by atoms with Gasteiger partial charge in [0.05, 0.1) is 11.3 Å². The van der Waals surface area contributed by atoms with Crippen molar-refractivity contribution in [2.45, 2.75) is 19.4 Å². The highest BCUT2D eigenvalue weighted by Gasteiger charge is 2.31. The summed E-state index contributed by atoms with van der Waals surface area (Å²) in [7, 11) is 0. The van der Waals surface area contributed by atoms with E-state index in [9.17, 15) is 14.0 Å². The Morgan fingerprint density at radius 1 is 1.27 bits per heavy atom. The number of para-hydroxylation sites is 1. The quantitative estimate of drug-likeness (QED) is 0.868. The number of fused-ring (bicyclic) bond motifs is 1. The van der Waals surface area contributed by atoms with Crippen molar-refractivity contribution in [2.24, 2.45) is 0 Å². The zero-order valence-corrected chi connectivity index (χ0v) is 11.9. The minimum Gasteiger partial charge on any atom is -0.448 e. The number of hydrogen-bond acceptors (Lipinski definition) is 3. The number of amides is 1. The number of hydrogen-bond donors (Lipinski definition) is 1. The fourth-order valence-corrected chi connectivity index (χ4v) is 2.45. The standard InChI is InChI=1S/C17H14FNO3/c1-10-6-7-12-11(8-10)9-15(22-17(12)21)16(20)19-14-5-3-2-4-13(14)18/h2-8,15H,9H2,1H3,(H,19,20). The Morgan fingerprint density at radius 3 is 2.82 bits per heavy atom. The van der Waals surface area contributed by atoms with Crippen LogP contribution >= 0.6 is 0 Å². The predicted octanol–water partition coefficient (Wildman–Crippen LogP) is 2.85. The molecule has 0 aromatic heterocycles. The monoisotopic (exact) mass is 299 g/mol. The first-order valence-electron chi connectivity index (χ1n) is 6.90. The van der Waals surface area contributed by atoms with Gasteiger partial charge in [0.15, 0.2) is 6.10 Å². The van der Waals surface area contributed by atoms with Gasteiger partial charge >= 0.3 is 5.97 Å². The first kappa shape index (κ1) is 14.3. The molecule has 4 nitrogen and oxygen atoms in total. The number of halogens is 1. The van der Waals surface area contributed by atoms with Gasteiger partial charge < -0.3 is 10.1 Å². The summed E-state index contributed by atoms with van der Waals surface area (Å²) in [5.74, 6) is -1.60. The highest BCUT2D eigenvalue weighted by molar-refractivity contribution is 6.00. The summed E-state index contributed by atoms with van der Waals surface area (Å²) < 4.78 is 18.7. The summed E-state index contributed by atoms with van der Waals surface area (Å²) in [5.41, 5.74) is 2.31. The van der Waals surface area contributed by atoms with Crippen LogP contribution in [-0.4, -0.2) is 18.0 Å². The summed E-state index contributed by atoms with van der Waals surface area (Å²) in [6.07, 6.45) is -0.676. The van der Waals surface area contributed by atoms with E-state index in [0.717, 1.165) is 11.1 Å². The Morgan fingerprint density at radius 2 is 2.05 bits per heavy atom. The van der Waals surface area contributed by atoms with Crippen molar-refractivity contribution in [2.75, 3.05) is 5.32 Å². The van der Waals surface area contributed by atoms with Crippen molar-refractivity contribution in [3.05, 3.63) is 65.0 Å². The number of ether oxygens (including phenoxy) is 1. The molecule has 0 saturated carbocycles. The molecule has 0 spiro atoms. The van der Waals surface area contributed by atoms with Crippen LogP contribution in [0.15, 0.2) is 42.5 Å². The van der Waals surface area contributed by atoms with Crippen LogP contribution in [0.4, 0.5) is 10.1 Å². The van der Waals surface area contributed by atoms with Gasteiger partial charge in [-0.15, -0.1) is 0 Å². The van der Waals surface area contributed by atoms with E-state index in [2.05, 4.69) is 5.32 Å². The van der Waals surface area contributed by atoms with E-state index in [1.807, 2.05) is 19.1 Å². The summed E-state index contributed by atoms with van der Waals surface area (Å²) in [4.78, 5) is 24.2. The summed E-state index contributed by atoms with van der Waals surface area (Å²) in [5, 5.41) is 2.45. The zero-order valence-electron chi connectivity index (χ0n) is 11.9. The molecule has 1 aliphatic heterocycles. The average Bonchev–Trinajstić information content (AvgIpc) is 2.49. The highest BCUT2D eigenvalue weighted by atomic mass is 19.1. The van der Waals surface area contributed by atoms with E-state index in [1.165, 1.54) is 18.2 Å². The Hall–Kier alpha value is -2.69. The van der Waals surface area contributed by atoms with Gasteiger partial charge in [0.25, 0.3) is 5.91 Å². The Bertz CT molecular complexity index is 757. The second-order valence-electron chi connectivity index (χ2n) is 5.23. The van der Waals surface area contributed by atoms with E-state index in [0.29, 0.717) is 5.56 Å². The van der Waals surface area contributed by atoms with Crippen molar-refractivity contribution in [3.63, 3.8) is 0 Å². The number of benzene rings is 2. The molecule has 3 rings (SSSR count). The second-order valence-corrected chi connectivity index (χ2v) is 5.23. The lowest BCUT2D eigenvalue weighted by atomic mass is 9.96. The van der Waals surface area contributed by atoms with E-state index >= 15 is 0 Å². The molecule has 0 saturated heterocycles. The maximum absolute atomic E-state index is 13.6. The van der Waals surface area contributed by atoms with Crippen LogP contribution in [0.3, 0.4) is 0 Å². The van der Waals surface area contributed by atoms with Crippen molar-refractivity contribution < 1.29 is 18.7 Å². The molecule has 1 N–H and O–H groups in total. The lowest BCUT2D eigenvalue weighted by Gasteiger charge is -2.24. The second kappa shape index (κ2) is 5.60. The number of aryl methyl sites for hydroxylation is 1. The van der Waals surface area contributed by atoms with Crippen molar-refractivity contribution in [1.82, 2.24) is 0 Å². The zero-order chi connectivity index (χ0) is 15.7. The van der Waals surface area contributed by atoms with Crippen molar-refractivity contribution >= 4 is 17.6 Å². The van der Waals surface area contributed by atoms with Crippen LogP contribution in [0.1, 0.15) is 21.5 Å². The van der Waals surface area contributed by atoms with E-state index in [4.69, 9.17) is 4.74 Å². The summed E-state index contributed by atoms with van der Waals surface area (Å²) in [6, 6.07) is 11.2. The SMILES string of the molecule is Cc1ccc2c(c1)CC(C(=O)Nc1ccccc1F)OC2=O. The Balaban J connectivity index is 1.80. The molecule has 112 valence electrons. The maximum Gasteiger partial charge on any atom is 0.339 e. The van der Waals surface area contributed by atoms with E-state index in [1.54, 1.807) is 12.1 Å². The predicted molar refractivity (Wildman–Crippen MR) is 79.1 cm³/mol. The lowest BCUT2D eigenvalue weighted by Crippen LogP contribution is -2.38. The molecule has 5 heteroatoms. The molecule has 0 radical (unpaired) electrons. The fourth-order valence-electron chi connectivity index (χ4n) is 2.45. The largest absolute Gasteiger partial charge is 0.448 e. The van der Waals surface area contributed by atoms with Crippen LogP contribution in [0, 0.1) is 12.7 Å². The number of esters is 1. The summed E-state index contributed by atoms with van der Waals surface area (Å²) >= 11 is 0.